The summed E-state index contributed by atoms with van der Waals surface area (Å²) in [6, 6.07) is 7.78. The smallest absolute Gasteiger partial charge is 0.231 e. The van der Waals surface area contributed by atoms with Gasteiger partial charge in [0.05, 0.1) is 6.04 Å². The normalized spacial score (nSPS) is 15.1. The van der Waals surface area contributed by atoms with Crippen LogP contribution in [-0.4, -0.2) is 6.79 Å². The minimum atomic E-state index is -0.0965. The number of rotatable bonds is 2. The van der Waals surface area contributed by atoms with E-state index < -0.39 is 0 Å². The van der Waals surface area contributed by atoms with Crippen LogP contribution in [0.4, 0.5) is 0 Å². The lowest BCUT2D eigenvalue weighted by Gasteiger charge is -2.10. The van der Waals surface area contributed by atoms with Crippen molar-refractivity contribution in [2.24, 2.45) is 5.73 Å². The van der Waals surface area contributed by atoms with Crippen molar-refractivity contribution in [2.45, 2.75) is 6.04 Å². The molecular weight excluding hydrogens is 222 g/mol. The predicted molar refractivity (Wildman–Crippen MR) is 62.9 cm³/mol. The first kappa shape index (κ1) is 9.69. The van der Waals surface area contributed by atoms with Crippen LogP contribution in [0.2, 0.25) is 0 Å². The zero-order valence-electron chi connectivity index (χ0n) is 8.55. The van der Waals surface area contributed by atoms with Crippen molar-refractivity contribution < 1.29 is 9.47 Å². The fourth-order valence-corrected chi connectivity index (χ4v) is 2.45. The molecule has 0 fully saturated rings. The van der Waals surface area contributed by atoms with E-state index >= 15 is 0 Å². The summed E-state index contributed by atoms with van der Waals surface area (Å²) in [5, 5.41) is 4.09. The molecule has 1 aromatic carbocycles. The highest BCUT2D eigenvalue weighted by Gasteiger charge is 2.16. The van der Waals surface area contributed by atoms with Crippen LogP contribution in [0.25, 0.3) is 0 Å². The highest BCUT2D eigenvalue weighted by atomic mass is 32.1. The highest BCUT2D eigenvalue weighted by molar-refractivity contribution is 7.08. The van der Waals surface area contributed by atoms with E-state index in [4.69, 9.17) is 15.2 Å². The minimum Gasteiger partial charge on any atom is -0.454 e. The molecule has 0 aliphatic carbocycles. The van der Waals surface area contributed by atoms with Gasteiger partial charge in [-0.05, 0) is 40.1 Å². The maximum absolute atomic E-state index is 6.17. The quantitative estimate of drug-likeness (QED) is 0.866. The van der Waals surface area contributed by atoms with Crippen LogP contribution in [0.1, 0.15) is 17.2 Å². The zero-order chi connectivity index (χ0) is 11.0. The second-order valence-electron chi connectivity index (χ2n) is 3.65. The van der Waals surface area contributed by atoms with Gasteiger partial charge in [0.1, 0.15) is 0 Å². The molecule has 1 aromatic heterocycles. The van der Waals surface area contributed by atoms with Gasteiger partial charge in [-0.2, -0.15) is 11.3 Å². The largest absolute Gasteiger partial charge is 0.454 e. The van der Waals surface area contributed by atoms with Gasteiger partial charge in [-0.3, -0.25) is 0 Å². The third-order valence-corrected chi connectivity index (χ3v) is 3.36. The fraction of sp³-hybridized carbons (Fsp3) is 0.167. The monoisotopic (exact) mass is 233 g/mol. The highest BCUT2D eigenvalue weighted by Crippen LogP contribution is 2.35. The summed E-state index contributed by atoms with van der Waals surface area (Å²) in [4.78, 5) is 0. The summed E-state index contributed by atoms with van der Waals surface area (Å²) < 4.78 is 10.6. The van der Waals surface area contributed by atoms with Crippen molar-refractivity contribution in [3.63, 3.8) is 0 Å². The molecule has 1 aliphatic heterocycles. The van der Waals surface area contributed by atoms with Crippen molar-refractivity contribution in [1.29, 1.82) is 0 Å². The Morgan fingerprint density at radius 1 is 1.12 bits per heavy atom. The van der Waals surface area contributed by atoms with Crippen LogP contribution in [0.15, 0.2) is 35.0 Å². The standard InChI is InChI=1S/C12H11NO2S/c13-12(9-3-4-16-6-9)8-1-2-10-11(5-8)15-7-14-10/h1-6,12H,7,13H2/t12-/m0/s1. The fourth-order valence-electron chi connectivity index (χ4n) is 1.75. The number of hydrogen-bond acceptors (Lipinski definition) is 4. The molecule has 0 unspecified atom stereocenters. The third kappa shape index (κ3) is 1.56. The summed E-state index contributed by atoms with van der Waals surface area (Å²) in [5.41, 5.74) is 8.34. The van der Waals surface area contributed by atoms with Crippen LogP contribution < -0.4 is 15.2 Å². The van der Waals surface area contributed by atoms with Crippen LogP contribution in [0.5, 0.6) is 11.5 Å². The SMILES string of the molecule is N[C@H](c1ccsc1)c1ccc2c(c1)OCO2. The van der Waals surface area contributed by atoms with E-state index in [0.29, 0.717) is 6.79 Å². The summed E-state index contributed by atoms with van der Waals surface area (Å²) in [7, 11) is 0. The molecule has 0 amide bonds. The first-order valence-corrected chi connectivity index (χ1v) is 5.96. The number of hydrogen-bond donors (Lipinski definition) is 1. The molecule has 82 valence electrons. The van der Waals surface area contributed by atoms with Gasteiger partial charge in [0.2, 0.25) is 6.79 Å². The first-order chi connectivity index (χ1) is 7.84. The number of thiophene rings is 1. The average molecular weight is 233 g/mol. The maximum atomic E-state index is 6.17. The van der Waals surface area contributed by atoms with Crippen LogP contribution in [0, 0.1) is 0 Å². The second kappa shape index (κ2) is 3.81. The molecule has 0 spiro atoms. The van der Waals surface area contributed by atoms with Gasteiger partial charge in [0, 0.05) is 0 Å². The van der Waals surface area contributed by atoms with Crippen molar-refractivity contribution in [2.75, 3.05) is 6.79 Å². The minimum absolute atomic E-state index is 0.0965. The summed E-state index contributed by atoms with van der Waals surface area (Å²) in [5.74, 6) is 1.57. The summed E-state index contributed by atoms with van der Waals surface area (Å²) in [6.45, 7) is 0.298. The maximum Gasteiger partial charge on any atom is 0.231 e. The van der Waals surface area contributed by atoms with E-state index in [1.807, 2.05) is 29.6 Å². The van der Waals surface area contributed by atoms with Gasteiger partial charge in [-0.15, -0.1) is 0 Å². The van der Waals surface area contributed by atoms with Gasteiger partial charge in [0.15, 0.2) is 11.5 Å². The Morgan fingerprint density at radius 2 is 2.00 bits per heavy atom. The topological polar surface area (TPSA) is 44.5 Å². The molecule has 3 rings (SSSR count). The van der Waals surface area contributed by atoms with Crippen molar-refractivity contribution in [1.82, 2.24) is 0 Å². The molecule has 3 nitrogen and oxygen atoms in total. The molecule has 0 radical (unpaired) electrons. The lowest BCUT2D eigenvalue weighted by molar-refractivity contribution is 0.174. The van der Waals surface area contributed by atoms with Crippen LogP contribution >= 0.6 is 11.3 Å². The number of fused-ring (bicyclic) bond motifs is 1. The zero-order valence-corrected chi connectivity index (χ0v) is 9.37. The number of benzene rings is 1. The molecular formula is C12H11NO2S. The molecule has 1 atom stereocenters. The van der Waals surface area contributed by atoms with Gasteiger partial charge in [0.25, 0.3) is 0 Å². The Morgan fingerprint density at radius 3 is 2.81 bits per heavy atom. The Hall–Kier alpha value is -1.52. The molecule has 2 aromatic rings. The van der Waals surface area contributed by atoms with Gasteiger partial charge < -0.3 is 15.2 Å². The summed E-state index contributed by atoms with van der Waals surface area (Å²) in [6.07, 6.45) is 0. The van der Waals surface area contributed by atoms with E-state index in [1.54, 1.807) is 11.3 Å². The Labute approximate surface area is 97.4 Å². The Kier molecular flexibility index (Phi) is 2.31. The van der Waals surface area contributed by atoms with E-state index in [9.17, 15) is 0 Å². The molecule has 0 saturated heterocycles. The molecule has 2 N–H and O–H groups in total. The van der Waals surface area contributed by atoms with E-state index in [0.717, 1.165) is 22.6 Å². The molecule has 0 bridgehead atoms. The first-order valence-electron chi connectivity index (χ1n) is 5.02. The van der Waals surface area contributed by atoms with Gasteiger partial charge in [-0.25, -0.2) is 0 Å². The van der Waals surface area contributed by atoms with Crippen LogP contribution in [0.3, 0.4) is 0 Å². The van der Waals surface area contributed by atoms with Crippen molar-refractivity contribution in [3.05, 3.63) is 46.2 Å². The Bertz CT molecular complexity index is 496. The van der Waals surface area contributed by atoms with Crippen molar-refractivity contribution in [3.8, 4) is 11.5 Å². The van der Waals surface area contributed by atoms with Gasteiger partial charge >= 0.3 is 0 Å². The molecule has 16 heavy (non-hydrogen) atoms. The predicted octanol–water partition coefficient (Wildman–Crippen LogP) is 2.52. The molecule has 1 aliphatic rings. The summed E-state index contributed by atoms with van der Waals surface area (Å²) >= 11 is 1.65. The molecule has 2 heterocycles. The van der Waals surface area contributed by atoms with Gasteiger partial charge in [-0.1, -0.05) is 6.07 Å². The molecule has 0 saturated carbocycles. The molecule has 4 heteroatoms. The Balaban J connectivity index is 1.95. The van der Waals surface area contributed by atoms with Crippen molar-refractivity contribution >= 4 is 11.3 Å². The lowest BCUT2D eigenvalue weighted by atomic mass is 10.0. The third-order valence-electron chi connectivity index (χ3n) is 2.66. The van der Waals surface area contributed by atoms with E-state index in [2.05, 4.69) is 5.38 Å². The number of ether oxygens (including phenoxy) is 2. The van der Waals surface area contributed by atoms with E-state index in [1.165, 1.54) is 0 Å². The average Bonchev–Trinajstić information content (AvgIpc) is 2.98. The van der Waals surface area contributed by atoms with E-state index in [-0.39, 0.29) is 6.04 Å². The second-order valence-corrected chi connectivity index (χ2v) is 4.43. The number of nitrogens with two attached hydrogens (primary N) is 1. The van der Waals surface area contributed by atoms with Crippen LogP contribution in [-0.2, 0) is 0 Å². The lowest BCUT2D eigenvalue weighted by Crippen LogP contribution is -2.10.